The van der Waals surface area contributed by atoms with E-state index in [1.54, 1.807) is 13.2 Å². The molecule has 0 aliphatic heterocycles. The van der Waals surface area contributed by atoms with Crippen molar-refractivity contribution < 1.29 is 4.74 Å². The Kier molecular flexibility index (Phi) is 7.68. The average Bonchev–Trinajstić information content (AvgIpc) is 3.08. The number of halogens is 3. The number of methoxy groups -OCH3 is 1. The van der Waals surface area contributed by atoms with Crippen LogP contribution in [0.2, 0.25) is 10.0 Å². The average molecular weight is 462 g/mol. The molecule has 0 unspecified atom stereocenters. The van der Waals surface area contributed by atoms with E-state index in [9.17, 15) is 0 Å². The van der Waals surface area contributed by atoms with Crippen LogP contribution in [0.4, 0.5) is 0 Å². The molecule has 3 aromatic carbocycles. The molecule has 0 radical (unpaired) electrons. The first-order chi connectivity index (χ1) is 14.1. The molecular formula is C24H23Cl3N2O. The van der Waals surface area contributed by atoms with Crippen LogP contribution >= 0.6 is 35.6 Å². The molecule has 4 rings (SSSR count). The van der Waals surface area contributed by atoms with Crippen LogP contribution in [0, 0.1) is 0 Å². The highest BCUT2D eigenvalue weighted by atomic mass is 35.5. The summed E-state index contributed by atoms with van der Waals surface area (Å²) < 4.78 is 7.46. The summed E-state index contributed by atoms with van der Waals surface area (Å²) in [5, 5.41) is 6.14. The highest BCUT2D eigenvalue weighted by molar-refractivity contribution is 6.35. The van der Waals surface area contributed by atoms with Crippen LogP contribution in [0.1, 0.15) is 16.7 Å². The lowest BCUT2D eigenvalue weighted by molar-refractivity contribution is 0.414. The minimum absolute atomic E-state index is 0. The maximum atomic E-state index is 6.39. The van der Waals surface area contributed by atoms with Crippen molar-refractivity contribution >= 4 is 46.5 Å². The minimum atomic E-state index is 0. The Morgan fingerprint density at radius 2 is 1.67 bits per heavy atom. The summed E-state index contributed by atoms with van der Waals surface area (Å²) >= 11 is 12.4. The molecule has 0 bridgehead atoms. The summed E-state index contributed by atoms with van der Waals surface area (Å²) in [4.78, 5) is 0. The molecule has 0 saturated heterocycles. The first-order valence-corrected chi connectivity index (χ1v) is 10.2. The molecule has 0 fully saturated rings. The maximum absolute atomic E-state index is 6.39. The van der Waals surface area contributed by atoms with Crippen LogP contribution in [0.15, 0.2) is 72.9 Å². The SMILES string of the molecule is COc1ccc(CNCc2cn(Cc3ccc(Cl)cc3Cl)c3ccccc23)cc1.Cl. The van der Waals surface area contributed by atoms with E-state index in [0.717, 1.165) is 24.4 Å². The predicted molar refractivity (Wildman–Crippen MR) is 128 cm³/mol. The number of benzene rings is 3. The lowest BCUT2D eigenvalue weighted by Gasteiger charge is -2.08. The summed E-state index contributed by atoms with van der Waals surface area (Å²) in [5.41, 5.74) is 4.73. The Labute approximate surface area is 193 Å². The highest BCUT2D eigenvalue weighted by Gasteiger charge is 2.10. The third-order valence-corrected chi connectivity index (χ3v) is 5.62. The van der Waals surface area contributed by atoms with E-state index in [2.05, 4.69) is 52.5 Å². The van der Waals surface area contributed by atoms with Crippen LogP contribution in [0.3, 0.4) is 0 Å². The Morgan fingerprint density at radius 3 is 2.40 bits per heavy atom. The number of nitrogens with zero attached hydrogens (tertiary/aromatic N) is 1. The van der Waals surface area contributed by atoms with Gasteiger partial charge in [-0.05, 0) is 47.0 Å². The van der Waals surface area contributed by atoms with Crippen LogP contribution in [0.5, 0.6) is 5.75 Å². The van der Waals surface area contributed by atoms with Gasteiger partial charge in [0.2, 0.25) is 0 Å². The molecule has 6 heteroatoms. The third-order valence-electron chi connectivity index (χ3n) is 5.03. The second kappa shape index (κ2) is 10.2. The molecule has 3 nitrogen and oxygen atoms in total. The molecule has 1 N–H and O–H groups in total. The van der Waals surface area contributed by atoms with Crippen molar-refractivity contribution in [2.24, 2.45) is 0 Å². The third kappa shape index (κ3) is 5.11. The number of hydrogen-bond donors (Lipinski definition) is 1. The van der Waals surface area contributed by atoms with Gasteiger partial charge < -0.3 is 14.6 Å². The summed E-state index contributed by atoms with van der Waals surface area (Å²) in [6.45, 7) is 2.29. The molecule has 0 atom stereocenters. The quantitative estimate of drug-likeness (QED) is 0.331. The van der Waals surface area contributed by atoms with Crippen LogP contribution < -0.4 is 10.1 Å². The van der Waals surface area contributed by atoms with E-state index in [4.69, 9.17) is 27.9 Å². The number of para-hydroxylation sites is 1. The van der Waals surface area contributed by atoms with Crippen LogP contribution in [-0.2, 0) is 19.6 Å². The number of fused-ring (bicyclic) bond motifs is 1. The molecule has 0 spiro atoms. The monoisotopic (exact) mass is 460 g/mol. The van der Waals surface area contributed by atoms with Gasteiger partial charge in [0, 0.05) is 46.8 Å². The predicted octanol–water partition coefficient (Wildman–Crippen LogP) is 6.72. The fraction of sp³-hybridized carbons (Fsp3) is 0.167. The molecule has 0 aliphatic carbocycles. The second-order valence-corrected chi connectivity index (χ2v) is 7.83. The standard InChI is InChI=1S/C24H22Cl2N2O.ClH/c1-29-21-10-6-17(7-11-21)13-27-14-19-16-28(24-5-3-2-4-22(19)24)15-18-8-9-20(25)12-23(18)26;/h2-12,16,27H,13-15H2,1H3;1H. The van der Waals surface area contributed by atoms with Crippen LogP contribution in [0.25, 0.3) is 10.9 Å². The second-order valence-electron chi connectivity index (χ2n) is 6.99. The molecule has 0 amide bonds. The van der Waals surface area contributed by atoms with Crippen molar-refractivity contribution in [3.63, 3.8) is 0 Å². The first-order valence-electron chi connectivity index (χ1n) is 9.48. The van der Waals surface area contributed by atoms with Gasteiger partial charge in [-0.2, -0.15) is 0 Å². The molecule has 0 saturated carbocycles. The molecular weight excluding hydrogens is 439 g/mol. The zero-order chi connectivity index (χ0) is 20.2. The van der Waals surface area contributed by atoms with E-state index in [-0.39, 0.29) is 12.4 Å². The van der Waals surface area contributed by atoms with Gasteiger partial charge in [-0.3, -0.25) is 0 Å². The van der Waals surface area contributed by atoms with Gasteiger partial charge in [-0.15, -0.1) is 12.4 Å². The Bertz CT molecular complexity index is 1120. The Balaban J connectivity index is 0.00000256. The topological polar surface area (TPSA) is 26.2 Å². The van der Waals surface area contributed by atoms with Crippen molar-refractivity contribution in [3.8, 4) is 5.75 Å². The summed E-state index contributed by atoms with van der Waals surface area (Å²) in [5.74, 6) is 0.873. The first kappa shape index (κ1) is 22.5. The van der Waals surface area contributed by atoms with E-state index in [0.29, 0.717) is 16.6 Å². The molecule has 0 aliphatic rings. The fourth-order valence-electron chi connectivity index (χ4n) is 3.51. The number of hydrogen-bond acceptors (Lipinski definition) is 2. The summed E-state index contributed by atoms with van der Waals surface area (Å²) in [6.07, 6.45) is 2.20. The van der Waals surface area contributed by atoms with Crippen molar-refractivity contribution in [2.75, 3.05) is 7.11 Å². The van der Waals surface area contributed by atoms with Gasteiger partial charge in [0.15, 0.2) is 0 Å². The van der Waals surface area contributed by atoms with Gasteiger partial charge in [-0.1, -0.05) is 59.6 Å². The van der Waals surface area contributed by atoms with E-state index in [1.165, 1.54) is 22.0 Å². The summed E-state index contributed by atoms with van der Waals surface area (Å²) in [6, 6.07) is 22.2. The van der Waals surface area contributed by atoms with Crippen molar-refractivity contribution in [1.82, 2.24) is 9.88 Å². The van der Waals surface area contributed by atoms with Gasteiger partial charge in [0.05, 0.1) is 7.11 Å². The molecule has 1 aromatic heterocycles. The lowest BCUT2D eigenvalue weighted by Crippen LogP contribution is -2.12. The van der Waals surface area contributed by atoms with Gasteiger partial charge in [-0.25, -0.2) is 0 Å². The van der Waals surface area contributed by atoms with Crippen LogP contribution in [-0.4, -0.2) is 11.7 Å². The van der Waals surface area contributed by atoms with Gasteiger partial charge in [0.1, 0.15) is 5.75 Å². The number of rotatable bonds is 7. The smallest absolute Gasteiger partial charge is 0.118 e. The zero-order valence-electron chi connectivity index (χ0n) is 16.6. The Hall–Kier alpha value is -2.17. The van der Waals surface area contributed by atoms with Crippen molar-refractivity contribution in [3.05, 3.63) is 99.7 Å². The molecule has 156 valence electrons. The number of ether oxygens (including phenoxy) is 1. The highest BCUT2D eigenvalue weighted by Crippen LogP contribution is 2.26. The Morgan fingerprint density at radius 1 is 0.900 bits per heavy atom. The van der Waals surface area contributed by atoms with E-state index >= 15 is 0 Å². The van der Waals surface area contributed by atoms with Crippen molar-refractivity contribution in [2.45, 2.75) is 19.6 Å². The molecule has 30 heavy (non-hydrogen) atoms. The molecule has 1 heterocycles. The maximum Gasteiger partial charge on any atom is 0.118 e. The largest absolute Gasteiger partial charge is 0.497 e. The molecule has 4 aromatic rings. The fourth-order valence-corrected chi connectivity index (χ4v) is 3.98. The number of nitrogens with one attached hydrogen (secondary N) is 1. The van der Waals surface area contributed by atoms with Gasteiger partial charge >= 0.3 is 0 Å². The zero-order valence-corrected chi connectivity index (χ0v) is 18.9. The summed E-state index contributed by atoms with van der Waals surface area (Å²) in [7, 11) is 1.68. The minimum Gasteiger partial charge on any atom is -0.497 e. The lowest BCUT2D eigenvalue weighted by atomic mass is 10.1. The normalized spacial score (nSPS) is 10.8. The van der Waals surface area contributed by atoms with Gasteiger partial charge in [0.25, 0.3) is 0 Å². The van der Waals surface area contributed by atoms with Crippen molar-refractivity contribution in [1.29, 1.82) is 0 Å². The number of aromatic nitrogens is 1. The van der Waals surface area contributed by atoms with E-state index < -0.39 is 0 Å². The van der Waals surface area contributed by atoms with E-state index in [1.807, 2.05) is 24.3 Å².